The summed E-state index contributed by atoms with van der Waals surface area (Å²) in [6, 6.07) is 5.08. The number of fused-ring (bicyclic) bond motifs is 1. The smallest absolute Gasteiger partial charge is 0.338 e. The number of cyclic esters (lactones) is 1. The molecule has 1 heterocycles. The molecule has 0 saturated carbocycles. The van der Waals surface area contributed by atoms with Crippen LogP contribution in [-0.4, -0.2) is 19.0 Å². The molecule has 0 radical (unpaired) electrons. The van der Waals surface area contributed by atoms with E-state index in [-0.39, 0.29) is 24.3 Å². The third-order valence-electron chi connectivity index (χ3n) is 2.15. The van der Waals surface area contributed by atoms with Gasteiger partial charge >= 0.3 is 5.97 Å². The number of methoxy groups -OCH3 is 1. The highest BCUT2D eigenvalue weighted by Gasteiger charge is 2.21. The molecule has 0 spiro atoms. The van der Waals surface area contributed by atoms with Gasteiger partial charge < -0.3 is 9.47 Å². The van der Waals surface area contributed by atoms with Gasteiger partial charge in [-0.05, 0) is 18.2 Å². The summed E-state index contributed by atoms with van der Waals surface area (Å²) < 4.78 is 9.62. The highest BCUT2D eigenvalue weighted by molar-refractivity contribution is 5.97. The van der Waals surface area contributed by atoms with Crippen molar-refractivity contribution in [1.29, 1.82) is 5.41 Å². The third-order valence-corrected chi connectivity index (χ3v) is 2.15. The Morgan fingerprint density at radius 3 is 2.93 bits per heavy atom. The molecule has 0 saturated heterocycles. The van der Waals surface area contributed by atoms with E-state index in [9.17, 15) is 4.79 Å². The monoisotopic (exact) mass is 227 g/mol. The Bertz CT molecular complexity index is 417. The summed E-state index contributed by atoms with van der Waals surface area (Å²) in [6.07, 6.45) is 0. The van der Waals surface area contributed by atoms with Crippen molar-refractivity contribution >= 4 is 24.3 Å². The molecule has 4 nitrogen and oxygen atoms in total. The number of halogens is 1. The second kappa shape index (κ2) is 4.31. The first-order chi connectivity index (χ1) is 6.72. The van der Waals surface area contributed by atoms with E-state index in [4.69, 9.17) is 14.9 Å². The van der Waals surface area contributed by atoms with Crippen molar-refractivity contribution < 1.29 is 14.3 Å². The minimum Gasteiger partial charge on any atom is -0.481 e. The number of ether oxygens (including phenoxy) is 2. The Kier molecular flexibility index (Phi) is 3.31. The molecule has 0 aromatic heterocycles. The van der Waals surface area contributed by atoms with Crippen LogP contribution in [0.4, 0.5) is 0 Å². The molecule has 1 aliphatic heterocycles. The van der Waals surface area contributed by atoms with Gasteiger partial charge in [-0.2, -0.15) is 0 Å². The second-order valence-electron chi connectivity index (χ2n) is 2.98. The van der Waals surface area contributed by atoms with E-state index >= 15 is 0 Å². The number of nitrogens with one attached hydrogen (secondary N) is 1. The predicted octanol–water partition coefficient (Wildman–Crippen LogP) is 1.75. The normalized spacial score (nSPS) is 12.5. The average Bonchev–Trinajstić information content (AvgIpc) is 2.59. The van der Waals surface area contributed by atoms with Gasteiger partial charge in [-0.15, -0.1) is 12.4 Å². The Morgan fingerprint density at radius 1 is 1.53 bits per heavy atom. The fourth-order valence-corrected chi connectivity index (χ4v) is 1.39. The molecule has 1 aromatic rings. The molecule has 0 unspecified atom stereocenters. The number of carbonyl (C=O) groups excluding carboxylic acids is 1. The first kappa shape index (κ1) is 11.5. The van der Waals surface area contributed by atoms with Gasteiger partial charge in [0.1, 0.15) is 6.61 Å². The van der Waals surface area contributed by atoms with Gasteiger partial charge in [0, 0.05) is 11.1 Å². The molecule has 1 N–H and O–H groups in total. The summed E-state index contributed by atoms with van der Waals surface area (Å²) in [6.45, 7) is 0.291. The van der Waals surface area contributed by atoms with E-state index in [1.165, 1.54) is 7.11 Å². The van der Waals surface area contributed by atoms with Crippen molar-refractivity contribution in [2.75, 3.05) is 7.11 Å². The lowest BCUT2D eigenvalue weighted by Gasteiger charge is -2.02. The number of benzene rings is 1. The minimum atomic E-state index is -0.296. The largest absolute Gasteiger partial charge is 0.481 e. The van der Waals surface area contributed by atoms with Crippen LogP contribution < -0.4 is 0 Å². The van der Waals surface area contributed by atoms with Crippen LogP contribution in [0.15, 0.2) is 18.2 Å². The van der Waals surface area contributed by atoms with Crippen LogP contribution in [0.25, 0.3) is 0 Å². The molecular weight excluding hydrogens is 218 g/mol. The molecule has 0 atom stereocenters. The molecule has 80 valence electrons. The van der Waals surface area contributed by atoms with Crippen LogP contribution in [0.2, 0.25) is 0 Å². The van der Waals surface area contributed by atoms with Gasteiger partial charge in [0.2, 0.25) is 5.90 Å². The molecule has 1 aromatic carbocycles. The lowest BCUT2D eigenvalue weighted by molar-refractivity contribution is 0.0535. The average molecular weight is 228 g/mol. The first-order valence-corrected chi connectivity index (χ1v) is 4.15. The Hall–Kier alpha value is -1.55. The van der Waals surface area contributed by atoms with E-state index < -0.39 is 0 Å². The maximum absolute atomic E-state index is 11.1. The van der Waals surface area contributed by atoms with Crippen LogP contribution in [0.1, 0.15) is 21.5 Å². The summed E-state index contributed by atoms with van der Waals surface area (Å²) >= 11 is 0. The number of carbonyl (C=O) groups is 1. The van der Waals surface area contributed by atoms with E-state index in [1.807, 2.05) is 0 Å². The first-order valence-electron chi connectivity index (χ1n) is 4.15. The van der Waals surface area contributed by atoms with E-state index in [0.717, 1.165) is 5.56 Å². The molecular formula is C10H10ClNO3. The van der Waals surface area contributed by atoms with Crippen LogP contribution >= 0.6 is 12.4 Å². The molecule has 5 heteroatoms. The fourth-order valence-electron chi connectivity index (χ4n) is 1.39. The fraction of sp³-hybridized carbons (Fsp3) is 0.200. The summed E-state index contributed by atoms with van der Waals surface area (Å²) in [5.74, 6) is -0.206. The molecule has 0 amide bonds. The number of esters is 1. The predicted molar refractivity (Wildman–Crippen MR) is 56.6 cm³/mol. The maximum Gasteiger partial charge on any atom is 0.338 e. The van der Waals surface area contributed by atoms with Crippen molar-refractivity contribution in [3.63, 3.8) is 0 Å². The van der Waals surface area contributed by atoms with E-state index in [0.29, 0.717) is 17.7 Å². The van der Waals surface area contributed by atoms with Gasteiger partial charge in [-0.25, -0.2) is 4.79 Å². The maximum atomic E-state index is 11.1. The Labute approximate surface area is 93.1 Å². The van der Waals surface area contributed by atoms with Gasteiger partial charge in [0.15, 0.2) is 0 Å². The Balaban J connectivity index is 0.00000112. The molecule has 15 heavy (non-hydrogen) atoms. The van der Waals surface area contributed by atoms with Crippen molar-refractivity contribution in [2.24, 2.45) is 0 Å². The van der Waals surface area contributed by atoms with Crippen molar-refractivity contribution in [3.8, 4) is 0 Å². The van der Waals surface area contributed by atoms with Crippen LogP contribution in [0.3, 0.4) is 0 Å². The lowest BCUT2D eigenvalue weighted by Crippen LogP contribution is -2.02. The zero-order valence-corrected chi connectivity index (χ0v) is 8.89. The van der Waals surface area contributed by atoms with Gasteiger partial charge in [-0.3, -0.25) is 5.41 Å². The van der Waals surface area contributed by atoms with Crippen molar-refractivity contribution in [1.82, 2.24) is 0 Å². The number of rotatable bonds is 1. The SMILES string of the molecule is COC(=N)c1ccc2c(c1)COC2=O.Cl. The van der Waals surface area contributed by atoms with Crippen molar-refractivity contribution in [3.05, 3.63) is 34.9 Å². The quantitative estimate of drug-likeness (QED) is 0.452. The molecule has 2 rings (SSSR count). The second-order valence-corrected chi connectivity index (χ2v) is 2.98. The highest BCUT2D eigenvalue weighted by Crippen LogP contribution is 2.21. The molecule has 0 aliphatic carbocycles. The van der Waals surface area contributed by atoms with Crippen LogP contribution in [0, 0.1) is 5.41 Å². The Morgan fingerprint density at radius 2 is 2.27 bits per heavy atom. The summed E-state index contributed by atoms with van der Waals surface area (Å²) in [5.41, 5.74) is 2.05. The lowest BCUT2D eigenvalue weighted by atomic mass is 10.1. The van der Waals surface area contributed by atoms with Crippen molar-refractivity contribution in [2.45, 2.75) is 6.61 Å². The van der Waals surface area contributed by atoms with Gasteiger partial charge in [0.25, 0.3) is 0 Å². The number of hydrogen-bond donors (Lipinski definition) is 1. The molecule has 0 fully saturated rings. The van der Waals surface area contributed by atoms with E-state index in [2.05, 4.69) is 0 Å². The standard InChI is InChI=1S/C10H9NO3.ClH/c1-13-9(11)6-2-3-8-7(4-6)5-14-10(8)12;/h2-4,11H,5H2,1H3;1H. The molecule has 1 aliphatic rings. The van der Waals surface area contributed by atoms with Crippen LogP contribution in [-0.2, 0) is 16.1 Å². The zero-order chi connectivity index (χ0) is 10.1. The third kappa shape index (κ3) is 1.94. The van der Waals surface area contributed by atoms with Gasteiger partial charge in [-0.1, -0.05) is 0 Å². The summed E-state index contributed by atoms with van der Waals surface area (Å²) in [5, 5.41) is 7.44. The minimum absolute atomic E-state index is 0. The van der Waals surface area contributed by atoms with Gasteiger partial charge in [0.05, 0.1) is 12.7 Å². The number of hydrogen-bond acceptors (Lipinski definition) is 4. The summed E-state index contributed by atoms with van der Waals surface area (Å²) in [7, 11) is 1.44. The van der Waals surface area contributed by atoms with E-state index in [1.54, 1.807) is 18.2 Å². The highest BCUT2D eigenvalue weighted by atomic mass is 35.5. The summed E-state index contributed by atoms with van der Waals surface area (Å²) in [4.78, 5) is 11.1. The zero-order valence-electron chi connectivity index (χ0n) is 8.07. The molecule has 0 bridgehead atoms. The topological polar surface area (TPSA) is 59.4 Å². The van der Waals surface area contributed by atoms with Crippen LogP contribution in [0.5, 0.6) is 0 Å².